The quantitative estimate of drug-likeness (QED) is 0.335. The maximum absolute atomic E-state index is 14.2. The zero-order chi connectivity index (χ0) is 31.0. The van der Waals surface area contributed by atoms with Gasteiger partial charge >= 0.3 is 6.03 Å². The van der Waals surface area contributed by atoms with Gasteiger partial charge in [0.15, 0.2) is 0 Å². The number of hydrogen-bond donors (Lipinski definition) is 0. The molecule has 4 rings (SSSR count). The Labute approximate surface area is 255 Å². The van der Waals surface area contributed by atoms with E-state index in [0.717, 1.165) is 73.8 Å². The summed E-state index contributed by atoms with van der Waals surface area (Å²) >= 11 is 0. The SMILES string of the molecule is C=Cc1c(OC)c(C)cc2c1C(C)(C)C=C1CCCN(Cc3cc(C)cc(OC)c3)CCN(CCC)C(=O)N1C2.CC. The zero-order valence-electron chi connectivity index (χ0n) is 27.6. The van der Waals surface area contributed by atoms with Crippen molar-refractivity contribution in [1.82, 2.24) is 14.7 Å². The molecular formula is C36H53N3O3. The number of benzene rings is 2. The van der Waals surface area contributed by atoms with Gasteiger partial charge in [0.1, 0.15) is 11.5 Å². The highest BCUT2D eigenvalue weighted by Crippen LogP contribution is 2.43. The number of ether oxygens (including phenoxy) is 2. The van der Waals surface area contributed by atoms with Crippen LogP contribution in [0.3, 0.4) is 0 Å². The Morgan fingerprint density at radius 2 is 1.76 bits per heavy atom. The van der Waals surface area contributed by atoms with Gasteiger partial charge in [-0.15, -0.1) is 0 Å². The first-order valence-electron chi connectivity index (χ1n) is 15.6. The lowest BCUT2D eigenvalue weighted by Crippen LogP contribution is -2.46. The average molecular weight is 576 g/mol. The van der Waals surface area contributed by atoms with E-state index in [1.54, 1.807) is 14.2 Å². The summed E-state index contributed by atoms with van der Waals surface area (Å²) in [5, 5.41) is 0. The number of rotatable bonds is 7. The van der Waals surface area contributed by atoms with Crippen LogP contribution in [0.4, 0.5) is 4.79 Å². The molecule has 0 saturated carbocycles. The van der Waals surface area contributed by atoms with Gasteiger partial charge in [0.2, 0.25) is 0 Å². The largest absolute Gasteiger partial charge is 0.497 e. The van der Waals surface area contributed by atoms with E-state index in [1.807, 2.05) is 29.7 Å². The lowest BCUT2D eigenvalue weighted by atomic mass is 9.77. The van der Waals surface area contributed by atoms with Gasteiger partial charge < -0.3 is 14.4 Å². The topological polar surface area (TPSA) is 45.3 Å². The lowest BCUT2D eigenvalue weighted by molar-refractivity contribution is 0.143. The third-order valence-electron chi connectivity index (χ3n) is 8.18. The van der Waals surface area contributed by atoms with E-state index in [2.05, 4.69) is 76.4 Å². The summed E-state index contributed by atoms with van der Waals surface area (Å²) < 4.78 is 11.3. The minimum atomic E-state index is -0.290. The molecule has 0 N–H and O–H groups in total. The van der Waals surface area contributed by atoms with Gasteiger partial charge in [-0.1, -0.05) is 65.5 Å². The molecule has 0 unspecified atom stereocenters. The molecule has 2 aromatic rings. The first-order chi connectivity index (χ1) is 20.1. The van der Waals surface area contributed by atoms with Crippen molar-refractivity contribution in [2.24, 2.45) is 0 Å². The van der Waals surface area contributed by atoms with Crippen LogP contribution in [-0.2, 0) is 18.5 Å². The van der Waals surface area contributed by atoms with E-state index < -0.39 is 0 Å². The summed E-state index contributed by atoms with van der Waals surface area (Å²) in [7, 11) is 3.44. The number of aryl methyl sites for hydroxylation is 2. The van der Waals surface area contributed by atoms with Crippen LogP contribution in [0, 0.1) is 13.8 Å². The molecule has 0 aliphatic carbocycles. The minimum Gasteiger partial charge on any atom is -0.497 e. The van der Waals surface area contributed by atoms with E-state index in [-0.39, 0.29) is 11.4 Å². The fourth-order valence-electron chi connectivity index (χ4n) is 6.54. The van der Waals surface area contributed by atoms with Crippen LogP contribution >= 0.6 is 0 Å². The van der Waals surface area contributed by atoms with Crippen LogP contribution in [-0.4, -0.2) is 61.1 Å². The Morgan fingerprint density at radius 3 is 2.40 bits per heavy atom. The molecular weight excluding hydrogens is 522 g/mol. The van der Waals surface area contributed by atoms with E-state index in [1.165, 1.54) is 22.3 Å². The standard InChI is InChI=1S/C34H47N3O3.C2H6/c1-9-13-36-16-15-35(22-26-17-24(3)18-29(20-26)39-7)14-11-12-28-21-34(5,6)31-27(23-37(28)33(36)38)19-25(4)32(40-8)30(31)10-2;1-2/h10,17-21H,2,9,11-16,22-23H2,1,3-8H3;1-2H3. The number of nitrogens with zero attached hydrogens (tertiary/aromatic N) is 3. The average Bonchev–Trinajstić information content (AvgIpc) is 3.07. The normalized spacial score (nSPS) is 17.2. The van der Waals surface area contributed by atoms with Gasteiger partial charge in [-0.3, -0.25) is 9.80 Å². The van der Waals surface area contributed by atoms with Crippen molar-refractivity contribution in [3.63, 3.8) is 0 Å². The van der Waals surface area contributed by atoms with Crippen LogP contribution in [0.1, 0.15) is 87.3 Å². The maximum Gasteiger partial charge on any atom is 0.324 e. The Hall–Kier alpha value is -3.25. The number of carbonyl (C=O) groups excluding carboxylic acids is 1. The molecule has 2 aliphatic rings. The molecule has 6 heteroatoms. The number of allylic oxidation sites excluding steroid dienone is 2. The van der Waals surface area contributed by atoms with E-state index in [0.29, 0.717) is 13.1 Å². The Bertz CT molecular complexity index is 1280. The van der Waals surface area contributed by atoms with Crippen molar-refractivity contribution in [2.75, 3.05) is 40.4 Å². The first kappa shape index (κ1) is 33.3. The van der Waals surface area contributed by atoms with E-state index in [9.17, 15) is 4.79 Å². The van der Waals surface area contributed by atoms with Crippen molar-refractivity contribution < 1.29 is 14.3 Å². The maximum atomic E-state index is 14.2. The summed E-state index contributed by atoms with van der Waals surface area (Å²) in [6.45, 7) is 23.6. The molecule has 0 spiro atoms. The highest BCUT2D eigenvalue weighted by molar-refractivity contribution is 5.78. The van der Waals surface area contributed by atoms with Crippen molar-refractivity contribution in [3.8, 4) is 11.5 Å². The summed E-state index contributed by atoms with van der Waals surface area (Å²) in [5.74, 6) is 1.76. The number of amides is 2. The van der Waals surface area contributed by atoms with Gasteiger partial charge in [-0.25, -0.2) is 4.79 Å². The highest BCUT2D eigenvalue weighted by Gasteiger charge is 2.35. The number of urea groups is 1. The third-order valence-corrected chi connectivity index (χ3v) is 8.18. The van der Waals surface area contributed by atoms with Gasteiger partial charge in [-0.2, -0.15) is 0 Å². The molecule has 1 fully saturated rings. The smallest absolute Gasteiger partial charge is 0.324 e. The van der Waals surface area contributed by atoms with Crippen molar-refractivity contribution in [1.29, 1.82) is 0 Å². The fraction of sp³-hybridized carbons (Fsp3) is 0.528. The summed E-state index contributed by atoms with van der Waals surface area (Å²) in [6.07, 6.45) is 6.98. The molecule has 0 atom stereocenters. The molecule has 1 saturated heterocycles. The van der Waals surface area contributed by atoms with E-state index >= 15 is 0 Å². The molecule has 2 heterocycles. The molecule has 0 bridgehead atoms. The predicted octanol–water partition coefficient (Wildman–Crippen LogP) is 8.09. The number of hydrogen-bond acceptors (Lipinski definition) is 4. The minimum absolute atomic E-state index is 0.101. The van der Waals surface area contributed by atoms with Gasteiger partial charge in [0.05, 0.1) is 20.8 Å². The van der Waals surface area contributed by atoms with Gasteiger partial charge in [0.25, 0.3) is 0 Å². The van der Waals surface area contributed by atoms with Gasteiger partial charge in [-0.05, 0) is 79.6 Å². The monoisotopic (exact) mass is 575 g/mol. The number of methoxy groups -OCH3 is 2. The van der Waals surface area contributed by atoms with Gasteiger partial charge in [0, 0.05) is 42.9 Å². The van der Waals surface area contributed by atoms with E-state index in [4.69, 9.17) is 9.47 Å². The lowest BCUT2D eigenvalue weighted by Gasteiger charge is -2.35. The van der Waals surface area contributed by atoms with Crippen molar-refractivity contribution >= 4 is 12.1 Å². The Kier molecular flexibility index (Phi) is 11.7. The number of fused-ring (bicyclic) bond motifs is 2. The molecule has 0 radical (unpaired) electrons. The first-order valence-corrected chi connectivity index (χ1v) is 15.6. The highest BCUT2D eigenvalue weighted by atomic mass is 16.5. The third kappa shape index (κ3) is 7.38. The molecule has 6 nitrogen and oxygen atoms in total. The van der Waals surface area contributed by atoms with Crippen LogP contribution in [0.15, 0.2) is 42.6 Å². The predicted molar refractivity (Wildman–Crippen MR) is 175 cm³/mol. The summed E-state index contributed by atoms with van der Waals surface area (Å²) in [5.41, 5.74) is 7.73. The molecule has 2 aromatic carbocycles. The summed E-state index contributed by atoms with van der Waals surface area (Å²) in [4.78, 5) is 20.8. The second kappa shape index (κ2) is 14.8. The van der Waals surface area contributed by atoms with Crippen molar-refractivity contribution in [2.45, 2.75) is 86.2 Å². The summed E-state index contributed by atoms with van der Waals surface area (Å²) in [6, 6.07) is 8.73. The van der Waals surface area contributed by atoms with Crippen LogP contribution in [0.5, 0.6) is 11.5 Å². The van der Waals surface area contributed by atoms with Crippen molar-refractivity contribution in [3.05, 3.63) is 76.0 Å². The van der Waals surface area contributed by atoms with Crippen LogP contribution < -0.4 is 9.47 Å². The molecule has 0 aromatic heterocycles. The Morgan fingerprint density at radius 1 is 1.02 bits per heavy atom. The molecule has 42 heavy (non-hydrogen) atoms. The molecule has 230 valence electrons. The second-order valence-corrected chi connectivity index (χ2v) is 11.8. The zero-order valence-corrected chi connectivity index (χ0v) is 27.6. The second-order valence-electron chi connectivity index (χ2n) is 11.8. The van der Waals surface area contributed by atoms with Crippen LogP contribution in [0.2, 0.25) is 0 Å². The molecule has 2 amide bonds. The number of carbonyl (C=O) groups is 1. The molecule has 2 aliphatic heterocycles. The van der Waals surface area contributed by atoms with Crippen LogP contribution in [0.25, 0.3) is 6.08 Å². The fourth-order valence-corrected chi connectivity index (χ4v) is 6.54. The Balaban J connectivity index is 0.00000237.